The summed E-state index contributed by atoms with van der Waals surface area (Å²) in [5.41, 5.74) is -0.175. The van der Waals surface area contributed by atoms with E-state index in [1.54, 1.807) is 12.3 Å². The summed E-state index contributed by atoms with van der Waals surface area (Å²) in [6.07, 6.45) is 3.59. The Morgan fingerprint density at radius 3 is 2.88 bits per heavy atom. The summed E-state index contributed by atoms with van der Waals surface area (Å²) in [5.74, 6) is -0.133. The van der Waals surface area contributed by atoms with Gasteiger partial charge in [-0.1, -0.05) is 13.3 Å². The van der Waals surface area contributed by atoms with Gasteiger partial charge in [0, 0.05) is 22.8 Å². The zero-order valence-corrected chi connectivity index (χ0v) is 11.7. The van der Waals surface area contributed by atoms with Gasteiger partial charge in [-0.3, -0.25) is 9.59 Å². The summed E-state index contributed by atoms with van der Waals surface area (Å²) in [6.45, 7) is 4.10. The summed E-state index contributed by atoms with van der Waals surface area (Å²) < 4.78 is 2.17. The maximum Gasteiger partial charge on any atom is 0.251 e. The van der Waals surface area contributed by atoms with Gasteiger partial charge in [-0.15, -0.1) is 0 Å². The van der Waals surface area contributed by atoms with Crippen LogP contribution in [0, 0.1) is 0 Å². The Hall–Kier alpha value is -1.10. The standard InChI is InChI=1S/C12H17BrN2O2/c1-3-4-9(2)14-11(16)8-15-7-10(13)5-6-12(15)17/h5-7,9H,3-4,8H2,1-2H3,(H,14,16)/t9-/m0/s1. The highest BCUT2D eigenvalue weighted by Crippen LogP contribution is 2.04. The van der Waals surface area contributed by atoms with Crippen molar-refractivity contribution in [3.8, 4) is 0 Å². The van der Waals surface area contributed by atoms with Crippen molar-refractivity contribution < 1.29 is 4.79 Å². The number of hydrogen-bond donors (Lipinski definition) is 1. The molecule has 0 fully saturated rings. The van der Waals surface area contributed by atoms with Crippen molar-refractivity contribution in [3.63, 3.8) is 0 Å². The zero-order chi connectivity index (χ0) is 12.8. The molecule has 0 aliphatic rings. The van der Waals surface area contributed by atoms with Crippen LogP contribution in [0.3, 0.4) is 0 Å². The first-order valence-corrected chi connectivity index (χ1v) is 6.47. The number of halogens is 1. The van der Waals surface area contributed by atoms with Gasteiger partial charge in [0.1, 0.15) is 6.54 Å². The van der Waals surface area contributed by atoms with E-state index in [1.807, 2.05) is 6.92 Å². The summed E-state index contributed by atoms with van der Waals surface area (Å²) >= 11 is 3.27. The molecule has 0 aliphatic carbocycles. The molecule has 0 spiro atoms. The Bertz CT molecular complexity index is 442. The maximum atomic E-state index is 11.7. The number of carbonyl (C=O) groups is 1. The van der Waals surface area contributed by atoms with Gasteiger partial charge in [0.05, 0.1) is 0 Å². The van der Waals surface area contributed by atoms with Crippen molar-refractivity contribution in [1.82, 2.24) is 9.88 Å². The molecule has 1 amide bonds. The lowest BCUT2D eigenvalue weighted by Gasteiger charge is -2.13. The topological polar surface area (TPSA) is 51.1 Å². The minimum Gasteiger partial charge on any atom is -0.352 e. The van der Waals surface area contributed by atoms with Gasteiger partial charge in [0.25, 0.3) is 5.56 Å². The highest BCUT2D eigenvalue weighted by Gasteiger charge is 2.08. The van der Waals surface area contributed by atoms with Crippen LogP contribution in [-0.2, 0) is 11.3 Å². The van der Waals surface area contributed by atoms with Crippen molar-refractivity contribution in [2.75, 3.05) is 0 Å². The number of rotatable bonds is 5. The number of nitrogens with one attached hydrogen (secondary N) is 1. The van der Waals surface area contributed by atoms with Gasteiger partial charge < -0.3 is 9.88 Å². The van der Waals surface area contributed by atoms with Crippen LogP contribution < -0.4 is 10.9 Å². The largest absolute Gasteiger partial charge is 0.352 e. The van der Waals surface area contributed by atoms with Crippen LogP contribution >= 0.6 is 15.9 Å². The summed E-state index contributed by atoms with van der Waals surface area (Å²) in [6, 6.07) is 3.25. The predicted molar refractivity (Wildman–Crippen MR) is 70.9 cm³/mol. The summed E-state index contributed by atoms with van der Waals surface area (Å²) in [5, 5.41) is 2.86. The van der Waals surface area contributed by atoms with Crippen molar-refractivity contribution in [2.45, 2.75) is 39.3 Å². The molecule has 17 heavy (non-hydrogen) atoms. The Morgan fingerprint density at radius 1 is 1.53 bits per heavy atom. The molecule has 0 radical (unpaired) electrons. The van der Waals surface area contributed by atoms with E-state index in [2.05, 4.69) is 28.2 Å². The number of nitrogens with zero attached hydrogens (tertiary/aromatic N) is 1. The molecule has 0 unspecified atom stereocenters. The minimum absolute atomic E-state index is 0.0618. The van der Waals surface area contributed by atoms with Crippen LogP contribution in [0.1, 0.15) is 26.7 Å². The first-order chi connectivity index (χ1) is 8.02. The Labute approximate surface area is 109 Å². The van der Waals surface area contributed by atoms with E-state index < -0.39 is 0 Å². The highest BCUT2D eigenvalue weighted by atomic mass is 79.9. The average Bonchev–Trinajstić information content (AvgIpc) is 2.23. The van der Waals surface area contributed by atoms with Crippen molar-refractivity contribution in [2.24, 2.45) is 0 Å². The Balaban J connectivity index is 2.62. The Morgan fingerprint density at radius 2 is 2.24 bits per heavy atom. The Kier molecular flexibility index (Phi) is 5.41. The molecule has 1 atom stereocenters. The van der Waals surface area contributed by atoms with Crippen LogP contribution in [0.5, 0.6) is 0 Å². The number of amides is 1. The average molecular weight is 301 g/mol. The first-order valence-electron chi connectivity index (χ1n) is 5.68. The fourth-order valence-electron chi connectivity index (χ4n) is 1.61. The van der Waals surface area contributed by atoms with Crippen molar-refractivity contribution >= 4 is 21.8 Å². The van der Waals surface area contributed by atoms with Crippen molar-refractivity contribution in [3.05, 3.63) is 33.2 Å². The normalized spacial score (nSPS) is 12.2. The number of carbonyl (C=O) groups excluding carboxylic acids is 1. The highest BCUT2D eigenvalue weighted by molar-refractivity contribution is 9.10. The molecule has 0 saturated heterocycles. The van der Waals surface area contributed by atoms with E-state index in [1.165, 1.54) is 10.6 Å². The molecule has 0 aromatic carbocycles. The number of hydrogen-bond acceptors (Lipinski definition) is 2. The second-order valence-electron chi connectivity index (χ2n) is 4.07. The molecule has 1 N–H and O–H groups in total. The van der Waals surface area contributed by atoms with Gasteiger partial charge in [0.2, 0.25) is 5.91 Å². The maximum absolute atomic E-state index is 11.7. The van der Waals surface area contributed by atoms with Crippen molar-refractivity contribution in [1.29, 1.82) is 0 Å². The lowest BCUT2D eigenvalue weighted by molar-refractivity contribution is -0.122. The fraction of sp³-hybridized carbons (Fsp3) is 0.500. The third kappa shape index (κ3) is 4.73. The molecule has 1 rings (SSSR count). The lowest BCUT2D eigenvalue weighted by atomic mass is 10.2. The van der Waals surface area contributed by atoms with Crippen LogP contribution in [0.2, 0.25) is 0 Å². The van der Waals surface area contributed by atoms with Gasteiger partial charge in [-0.05, 0) is 35.3 Å². The van der Waals surface area contributed by atoms with E-state index in [4.69, 9.17) is 0 Å². The van der Waals surface area contributed by atoms with E-state index in [0.29, 0.717) is 0 Å². The van der Waals surface area contributed by atoms with Crippen LogP contribution in [0.25, 0.3) is 0 Å². The van der Waals surface area contributed by atoms with Crippen LogP contribution in [0.15, 0.2) is 27.6 Å². The minimum atomic E-state index is -0.175. The molecule has 1 aromatic heterocycles. The predicted octanol–water partition coefficient (Wildman–Crippen LogP) is 1.92. The SMILES string of the molecule is CCC[C@H](C)NC(=O)Cn1cc(Br)ccc1=O. The van der Waals surface area contributed by atoms with Gasteiger partial charge >= 0.3 is 0 Å². The van der Waals surface area contributed by atoms with Gasteiger partial charge in [-0.25, -0.2) is 0 Å². The molecule has 1 aromatic rings. The zero-order valence-electron chi connectivity index (χ0n) is 10.1. The summed E-state index contributed by atoms with van der Waals surface area (Å²) in [4.78, 5) is 23.2. The van der Waals surface area contributed by atoms with Gasteiger partial charge in [0.15, 0.2) is 0 Å². The second-order valence-corrected chi connectivity index (χ2v) is 4.99. The number of pyridine rings is 1. The third-order valence-electron chi connectivity index (χ3n) is 2.39. The summed E-state index contributed by atoms with van der Waals surface area (Å²) in [7, 11) is 0. The monoisotopic (exact) mass is 300 g/mol. The molecule has 0 bridgehead atoms. The molecule has 1 heterocycles. The molecule has 94 valence electrons. The molecule has 0 saturated carbocycles. The van der Waals surface area contributed by atoms with E-state index in [-0.39, 0.29) is 24.1 Å². The fourth-order valence-corrected chi connectivity index (χ4v) is 1.99. The molecular formula is C12H17BrN2O2. The molecule has 4 nitrogen and oxygen atoms in total. The third-order valence-corrected chi connectivity index (χ3v) is 2.86. The first kappa shape index (κ1) is 14.0. The smallest absolute Gasteiger partial charge is 0.251 e. The van der Waals surface area contributed by atoms with E-state index in [0.717, 1.165) is 17.3 Å². The van der Waals surface area contributed by atoms with Gasteiger partial charge in [-0.2, -0.15) is 0 Å². The quantitative estimate of drug-likeness (QED) is 0.903. The second kappa shape index (κ2) is 6.59. The molecular weight excluding hydrogens is 284 g/mol. The lowest BCUT2D eigenvalue weighted by Crippen LogP contribution is -2.37. The molecule has 0 aliphatic heterocycles. The number of aromatic nitrogens is 1. The van der Waals surface area contributed by atoms with Crippen LogP contribution in [-0.4, -0.2) is 16.5 Å². The molecule has 5 heteroatoms. The van der Waals surface area contributed by atoms with Crippen LogP contribution in [0.4, 0.5) is 0 Å². The van der Waals surface area contributed by atoms with E-state index in [9.17, 15) is 9.59 Å². The van der Waals surface area contributed by atoms with E-state index >= 15 is 0 Å².